The Kier molecular flexibility index (Phi) is 5.28. The average molecular weight is 455 g/mol. The van der Waals surface area contributed by atoms with Gasteiger partial charge >= 0.3 is 0 Å². The van der Waals surface area contributed by atoms with E-state index < -0.39 is 0 Å². The Hall–Kier alpha value is -1.77. The van der Waals surface area contributed by atoms with E-state index in [0.29, 0.717) is 5.88 Å². The number of hydrogen-bond acceptors (Lipinski definition) is 1. The largest absolute Gasteiger partial charge is 0.310 e. The highest BCUT2D eigenvalue weighted by atomic mass is 79.9. The fourth-order valence-corrected chi connectivity index (χ4v) is 4.68. The van der Waals surface area contributed by atoms with Crippen LogP contribution in [0.15, 0.2) is 65.1 Å². The third-order valence-corrected chi connectivity index (χ3v) is 6.49. The van der Waals surface area contributed by atoms with Crippen molar-refractivity contribution in [2.24, 2.45) is 0 Å². The van der Waals surface area contributed by atoms with E-state index in [2.05, 4.69) is 102 Å². The number of anilines is 3. The second-order valence-electron chi connectivity index (χ2n) is 8.10. The zero-order valence-electron chi connectivity index (χ0n) is 16.6. The number of fused-ring (bicyclic) bond motifs is 2. The molecule has 1 aliphatic rings. The summed E-state index contributed by atoms with van der Waals surface area (Å²) in [7, 11) is 0. The lowest BCUT2D eigenvalue weighted by Crippen LogP contribution is -2.30. The van der Waals surface area contributed by atoms with Crippen LogP contribution in [0.3, 0.4) is 0 Å². The maximum absolute atomic E-state index is 5.86. The summed E-state index contributed by atoms with van der Waals surface area (Å²) in [5.74, 6) is 0.706. The van der Waals surface area contributed by atoms with E-state index in [0.717, 1.165) is 17.3 Å². The molecular weight excluding hydrogens is 430 g/mol. The van der Waals surface area contributed by atoms with Crippen LogP contribution in [0.5, 0.6) is 0 Å². The van der Waals surface area contributed by atoms with Crippen molar-refractivity contribution in [2.75, 3.05) is 10.8 Å². The topological polar surface area (TPSA) is 3.24 Å². The highest BCUT2D eigenvalue weighted by Crippen LogP contribution is 2.52. The predicted octanol–water partition coefficient (Wildman–Crippen LogP) is 8.04. The van der Waals surface area contributed by atoms with Gasteiger partial charge in [0.1, 0.15) is 0 Å². The molecule has 0 N–H and O–H groups in total. The van der Waals surface area contributed by atoms with Gasteiger partial charge in [-0.1, -0.05) is 59.6 Å². The minimum atomic E-state index is -0.0583. The molecule has 0 aliphatic carbocycles. The first-order chi connectivity index (χ1) is 13.4. The molecule has 0 saturated heterocycles. The molecule has 3 aromatic carbocycles. The maximum Gasteiger partial charge on any atom is 0.0503 e. The monoisotopic (exact) mass is 453 g/mol. The molecule has 0 atom stereocenters. The SMILES string of the molecule is Cc1ccc2c(c1)C(C)(C)c1cc(Br)ccc1N2c1ccc(CCCCl)cc1. The third-order valence-electron chi connectivity index (χ3n) is 5.73. The molecular formula is C25H25BrClN. The first-order valence-corrected chi connectivity index (χ1v) is 11.1. The quantitative estimate of drug-likeness (QED) is 0.360. The molecule has 3 aromatic rings. The summed E-state index contributed by atoms with van der Waals surface area (Å²) >= 11 is 9.53. The minimum absolute atomic E-state index is 0.0583. The molecule has 0 spiro atoms. The number of benzene rings is 3. The second kappa shape index (κ2) is 7.57. The summed E-state index contributed by atoms with van der Waals surface area (Å²) in [4.78, 5) is 2.40. The first-order valence-electron chi connectivity index (χ1n) is 9.78. The van der Waals surface area contributed by atoms with E-state index in [9.17, 15) is 0 Å². The fourth-order valence-electron chi connectivity index (χ4n) is 4.18. The summed E-state index contributed by atoms with van der Waals surface area (Å²) in [5, 5.41) is 0. The van der Waals surface area contributed by atoms with Crippen LogP contribution in [0.4, 0.5) is 17.1 Å². The molecule has 3 heteroatoms. The Bertz CT molecular complexity index is 952. The fraction of sp³-hybridized carbons (Fsp3) is 0.280. The number of aryl methyl sites for hydroxylation is 2. The van der Waals surface area contributed by atoms with Gasteiger partial charge in [-0.25, -0.2) is 0 Å². The molecule has 0 unspecified atom stereocenters. The van der Waals surface area contributed by atoms with Crippen LogP contribution in [0.1, 0.15) is 42.5 Å². The van der Waals surface area contributed by atoms with E-state index >= 15 is 0 Å². The Morgan fingerprint density at radius 2 is 1.54 bits per heavy atom. The summed E-state index contributed by atoms with van der Waals surface area (Å²) in [6.45, 7) is 6.81. The smallest absolute Gasteiger partial charge is 0.0503 e. The van der Waals surface area contributed by atoms with Crippen molar-refractivity contribution in [3.05, 3.63) is 87.4 Å². The van der Waals surface area contributed by atoms with E-state index in [4.69, 9.17) is 11.6 Å². The minimum Gasteiger partial charge on any atom is -0.310 e. The van der Waals surface area contributed by atoms with Crippen molar-refractivity contribution >= 4 is 44.6 Å². The van der Waals surface area contributed by atoms with E-state index in [1.807, 2.05) is 0 Å². The molecule has 0 radical (unpaired) electrons. The summed E-state index contributed by atoms with van der Waals surface area (Å²) in [6, 6.07) is 22.4. The van der Waals surface area contributed by atoms with Gasteiger partial charge in [0.05, 0.1) is 11.4 Å². The number of alkyl halides is 1. The van der Waals surface area contributed by atoms with Gasteiger partial charge in [0, 0.05) is 21.5 Å². The van der Waals surface area contributed by atoms with Crippen LogP contribution < -0.4 is 4.90 Å². The molecule has 144 valence electrons. The molecule has 0 fully saturated rings. The summed E-state index contributed by atoms with van der Waals surface area (Å²) < 4.78 is 1.12. The lowest BCUT2D eigenvalue weighted by molar-refractivity contribution is 0.631. The number of rotatable bonds is 4. The number of hydrogen-bond donors (Lipinski definition) is 0. The standard InChI is InChI=1S/C25H25BrClN/c1-17-6-12-23-21(15-17)25(2,3)22-16-19(26)9-13-24(22)28(23)20-10-7-18(8-11-20)5-4-14-27/h6-13,15-16H,4-5,14H2,1-3H3. The van der Waals surface area contributed by atoms with Gasteiger partial charge in [0.25, 0.3) is 0 Å². The normalized spacial score (nSPS) is 14.5. The number of nitrogens with zero attached hydrogens (tertiary/aromatic N) is 1. The van der Waals surface area contributed by atoms with E-state index in [1.54, 1.807) is 0 Å². The predicted molar refractivity (Wildman–Crippen MR) is 125 cm³/mol. The molecule has 4 rings (SSSR count). The summed E-state index contributed by atoms with van der Waals surface area (Å²) in [6.07, 6.45) is 2.04. The lowest BCUT2D eigenvalue weighted by Gasteiger charge is -2.42. The van der Waals surface area contributed by atoms with E-state index in [-0.39, 0.29) is 5.41 Å². The Morgan fingerprint density at radius 1 is 0.893 bits per heavy atom. The van der Waals surface area contributed by atoms with Crippen molar-refractivity contribution in [2.45, 2.75) is 39.0 Å². The molecule has 1 nitrogen and oxygen atoms in total. The Balaban J connectivity index is 1.88. The van der Waals surface area contributed by atoms with Crippen LogP contribution in [-0.2, 0) is 11.8 Å². The Morgan fingerprint density at radius 3 is 2.21 bits per heavy atom. The average Bonchev–Trinajstić information content (AvgIpc) is 2.68. The zero-order chi connectivity index (χ0) is 19.9. The first kappa shape index (κ1) is 19.5. The second-order valence-corrected chi connectivity index (χ2v) is 9.40. The van der Waals surface area contributed by atoms with Crippen LogP contribution in [0.25, 0.3) is 0 Å². The Labute approximate surface area is 181 Å². The van der Waals surface area contributed by atoms with Crippen molar-refractivity contribution in [3.63, 3.8) is 0 Å². The molecule has 0 amide bonds. The number of halogens is 2. The molecule has 28 heavy (non-hydrogen) atoms. The van der Waals surface area contributed by atoms with E-state index in [1.165, 1.54) is 39.3 Å². The van der Waals surface area contributed by atoms with Gasteiger partial charge in [-0.15, -0.1) is 11.6 Å². The van der Waals surface area contributed by atoms with Crippen LogP contribution >= 0.6 is 27.5 Å². The van der Waals surface area contributed by atoms with Crippen LogP contribution in [-0.4, -0.2) is 5.88 Å². The van der Waals surface area contributed by atoms with Gasteiger partial charge in [-0.05, 0) is 72.9 Å². The van der Waals surface area contributed by atoms with Gasteiger partial charge in [-0.2, -0.15) is 0 Å². The van der Waals surface area contributed by atoms with Crippen molar-refractivity contribution in [1.29, 1.82) is 0 Å². The maximum atomic E-state index is 5.86. The highest BCUT2D eigenvalue weighted by molar-refractivity contribution is 9.10. The van der Waals surface area contributed by atoms with Crippen LogP contribution in [0, 0.1) is 6.92 Å². The zero-order valence-corrected chi connectivity index (χ0v) is 18.9. The van der Waals surface area contributed by atoms with Gasteiger partial charge in [0.2, 0.25) is 0 Å². The van der Waals surface area contributed by atoms with Crippen molar-refractivity contribution in [1.82, 2.24) is 0 Å². The van der Waals surface area contributed by atoms with Crippen LogP contribution in [0.2, 0.25) is 0 Å². The molecule has 0 aromatic heterocycles. The third kappa shape index (κ3) is 3.38. The molecule has 0 bridgehead atoms. The molecule has 1 heterocycles. The highest BCUT2D eigenvalue weighted by Gasteiger charge is 2.37. The lowest BCUT2D eigenvalue weighted by atomic mass is 9.73. The van der Waals surface area contributed by atoms with Gasteiger partial charge in [0.15, 0.2) is 0 Å². The van der Waals surface area contributed by atoms with Crippen molar-refractivity contribution < 1.29 is 0 Å². The summed E-state index contributed by atoms with van der Waals surface area (Å²) in [5.41, 5.74) is 8.98. The van der Waals surface area contributed by atoms with Gasteiger partial charge in [-0.3, -0.25) is 0 Å². The molecule has 0 saturated carbocycles. The van der Waals surface area contributed by atoms with Crippen molar-refractivity contribution in [3.8, 4) is 0 Å². The molecule has 1 aliphatic heterocycles. The van der Waals surface area contributed by atoms with Gasteiger partial charge < -0.3 is 4.90 Å².